The summed E-state index contributed by atoms with van der Waals surface area (Å²) in [5.41, 5.74) is -0.474. The van der Waals surface area contributed by atoms with Gasteiger partial charge in [0.2, 0.25) is 0 Å². The van der Waals surface area contributed by atoms with Gasteiger partial charge in [-0.05, 0) is 24.3 Å². The highest BCUT2D eigenvalue weighted by atomic mass is 19.1. The number of hydrogen-bond donors (Lipinski definition) is 2. The van der Waals surface area contributed by atoms with Gasteiger partial charge >= 0.3 is 0 Å². The van der Waals surface area contributed by atoms with Crippen molar-refractivity contribution in [2.24, 2.45) is 0 Å². The molecular weight excluding hydrogens is 315 g/mol. The van der Waals surface area contributed by atoms with E-state index >= 15 is 0 Å². The Morgan fingerprint density at radius 1 is 1.17 bits per heavy atom. The number of fused-ring (bicyclic) bond motifs is 1. The van der Waals surface area contributed by atoms with Crippen LogP contribution in [0.25, 0.3) is 22.3 Å². The average Bonchev–Trinajstić information content (AvgIpc) is 2.54. The fourth-order valence-electron chi connectivity index (χ4n) is 2.50. The van der Waals surface area contributed by atoms with Crippen LogP contribution >= 0.6 is 0 Å². The zero-order valence-corrected chi connectivity index (χ0v) is 12.7. The zero-order chi connectivity index (χ0) is 17.4. The Morgan fingerprint density at radius 2 is 1.83 bits per heavy atom. The van der Waals surface area contributed by atoms with Gasteiger partial charge in [0, 0.05) is 24.1 Å². The van der Waals surface area contributed by atoms with Gasteiger partial charge in [-0.25, -0.2) is 4.39 Å². The van der Waals surface area contributed by atoms with Crippen LogP contribution in [-0.4, -0.2) is 16.0 Å². The monoisotopic (exact) mass is 328 g/mol. The second-order valence-corrected chi connectivity index (χ2v) is 5.25. The van der Waals surface area contributed by atoms with Gasteiger partial charge in [0.25, 0.3) is 0 Å². The van der Waals surface area contributed by atoms with E-state index in [0.717, 1.165) is 12.1 Å². The van der Waals surface area contributed by atoms with Gasteiger partial charge in [-0.1, -0.05) is 6.92 Å². The fraction of sp³-hybridized carbons (Fsp3) is 0.111. The third kappa shape index (κ3) is 2.52. The molecule has 0 unspecified atom stereocenters. The lowest BCUT2D eigenvalue weighted by atomic mass is 10.0. The predicted octanol–water partition coefficient (Wildman–Crippen LogP) is 3.60. The van der Waals surface area contributed by atoms with Crippen LogP contribution in [0.1, 0.15) is 23.7 Å². The molecule has 24 heavy (non-hydrogen) atoms. The third-order valence-electron chi connectivity index (χ3n) is 3.70. The average molecular weight is 328 g/mol. The van der Waals surface area contributed by atoms with E-state index in [0.29, 0.717) is 5.56 Å². The first-order chi connectivity index (χ1) is 11.4. The lowest BCUT2D eigenvalue weighted by Crippen LogP contribution is -2.05. The molecule has 1 heterocycles. The normalized spacial score (nSPS) is 10.9. The molecule has 0 radical (unpaired) electrons. The summed E-state index contributed by atoms with van der Waals surface area (Å²) < 4.78 is 18.5. The molecule has 3 rings (SSSR count). The highest BCUT2D eigenvalue weighted by molar-refractivity contribution is 6.06. The minimum absolute atomic E-state index is 0.0611. The number of halogens is 1. The number of Topliss-reactive ketones (excluding diaryl/α,β-unsaturated/α-hetero) is 1. The number of carbonyl (C=O) groups excluding carboxylic acids is 1. The largest absolute Gasteiger partial charge is 0.507 e. The van der Waals surface area contributed by atoms with Crippen molar-refractivity contribution in [1.82, 2.24) is 0 Å². The number of hydrogen-bond acceptors (Lipinski definition) is 5. The number of phenolic OH excluding ortho intramolecular Hbond substituents is 2. The topological polar surface area (TPSA) is 87.7 Å². The van der Waals surface area contributed by atoms with Crippen LogP contribution in [-0.2, 0) is 0 Å². The van der Waals surface area contributed by atoms with Crippen molar-refractivity contribution in [3.63, 3.8) is 0 Å². The Labute approximate surface area is 135 Å². The molecule has 2 N–H and O–H groups in total. The molecule has 0 saturated heterocycles. The summed E-state index contributed by atoms with van der Waals surface area (Å²) in [6.45, 7) is 1.57. The first kappa shape index (κ1) is 15.7. The van der Waals surface area contributed by atoms with Crippen molar-refractivity contribution in [3.05, 3.63) is 58.0 Å². The van der Waals surface area contributed by atoms with Crippen molar-refractivity contribution >= 4 is 16.8 Å². The molecule has 0 bridgehead atoms. The molecule has 0 fully saturated rings. The number of rotatable bonds is 3. The Hall–Kier alpha value is -3.15. The van der Waals surface area contributed by atoms with Crippen molar-refractivity contribution in [2.75, 3.05) is 0 Å². The smallest absolute Gasteiger partial charge is 0.197 e. The van der Waals surface area contributed by atoms with E-state index in [9.17, 15) is 24.2 Å². The first-order valence-electron chi connectivity index (χ1n) is 7.24. The molecule has 2 aromatic carbocycles. The molecule has 122 valence electrons. The zero-order valence-electron chi connectivity index (χ0n) is 12.7. The summed E-state index contributed by atoms with van der Waals surface area (Å²) in [7, 11) is 0. The third-order valence-corrected chi connectivity index (χ3v) is 3.70. The molecule has 0 atom stereocenters. The number of carbonyl (C=O) groups is 1. The number of benzene rings is 2. The quantitative estimate of drug-likeness (QED) is 0.717. The van der Waals surface area contributed by atoms with Gasteiger partial charge in [0.05, 0.1) is 0 Å². The number of aromatic hydroxyl groups is 2. The molecule has 0 spiro atoms. The van der Waals surface area contributed by atoms with Gasteiger partial charge in [-0.3, -0.25) is 9.59 Å². The van der Waals surface area contributed by atoms with Crippen LogP contribution in [0.4, 0.5) is 4.39 Å². The highest BCUT2D eigenvalue weighted by Gasteiger charge is 2.21. The maximum Gasteiger partial charge on any atom is 0.197 e. The van der Waals surface area contributed by atoms with Crippen LogP contribution in [0.3, 0.4) is 0 Å². The van der Waals surface area contributed by atoms with Crippen LogP contribution in [0.2, 0.25) is 0 Å². The summed E-state index contributed by atoms with van der Waals surface area (Å²) in [5, 5.41) is 20.0. The maximum atomic E-state index is 13.0. The lowest BCUT2D eigenvalue weighted by molar-refractivity contribution is 0.0983. The van der Waals surface area contributed by atoms with E-state index < -0.39 is 28.5 Å². The summed E-state index contributed by atoms with van der Waals surface area (Å²) in [6, 6.07) is 7.58. The molecule has 6 heteroatoms. The van der Waals surface area contributed by atoms with E-state index in [1.165, 1.54) is 24.3 Å². The summed E-state index contributed by atoms with van der Waals surface area (Å²) in [4.78, 5) is 24.2. The van der Waals surface area contributed by atoms with E-state index in [2.05, 4.69) is 0 Å². The minimum Gasteiger partial charge on any atom is -0.507 e. The molecule has 0 aliphatic rings. The van der Waals surface area contributed by atoms with Gasteiger partial charge in [0.15, 0.2) is 11.2 Å². The second kappa shape index (κ2) is 5.81. The van der Waals surface area contributed by atoms with Crippen LogP contribution in [0.15, 0.2) is 45.6 Å². The summed E-state index contributed by atoms with van der Waals surface area (Å²) in [5.74, 6) is -1.84. The molecule has 0 aliphatic heterocycles. The molecule has 3 aromatic rings. The standard InChI is InChI=1S/C18H13FO5/c1-2-11(20)16-12(21)8-15-17(18(16)23)13(22)7-14(24-15)9-3-5-10(19)6-4-9/h3-8,21,23H,2H2,1H3. The highest BCUT2D eigenvalue weighted by Crippen LogP contribution is 2.36. The van der Waals surface area contributed by atoms with Crippen molar-refractivity contribution in [2.45, 2.75) is 13.3 Å². The Bertz CT molecular complexity index is 1000. The van der Waals surface area contributed by atoms with E-state index in [4.69, 9.17) is 4.42 Å². The Morgan fingerprint density at radius 3 is 2.46 bits per heavy atom. The van der Waals surface area contributed by atoms with Crippen LogP contribution in [0.5, 0.6) is 11.5 Å². The maximum absolute atomic E-state index is 13.0. The van der Waals surface area contributed by atoms with Crippen LogP contribution in [0, 0.1) is 5.82 Å². The number of ketones is 1. The summed E-state index contributed by atoms with van der Waals surface area (Å²) >= 11 is 0. The fourth-order valence-corrected chi connectivity index (χ4v) is 2.50. The van der Waals surface area contributed by atoms with E-state index in [1.807, 2.05) is 0 Å². The lowest BCUT2D eigenvalue weighted by Gasteiger charge is -2.09. The molecule has 0 amide bonds. The Kier molecular flexibility index (Phi) is 3.81. The molecular formula is C18H13FO5. The molecule has 0 aliphatic carbocycles. The summed E-state index contributed by atoms with van der Waals surface area (Å²) in [6.07, 6.45) is 0.0611. The van der Waals surface area contributed by atoms with E-state index in [1.54, 1.807) is 6.92 Å². The van der Waals surface area contributed by atoms with E-state index in [-0.39, 0.29) is 28.7 Å². The minimum atomic E-state index is -0.601. The van der Waals surface area contributed by atoms with Crippen LogP contribution < -0.4 is 5.43 Å². The first-order valence-corrected chi connectivity index (χ1v) is 7.24. The molecule has 5 nitrogen and oxygen atoms in total. The molecule has 1 aromatic heterocycles. The van der Waals surface area contributed by atoms with Crippen molar-refractivity contribution in [1.29, 1.82) is 0 Å². The van der Waals surface area contributed by atoms with Gasteiger partial charge in [0.1, 0.15) is 39.6 Å². The predicted molar refractivity (Wildman–Crippen MR) is 85.8 cm³/mol. The van der Waals surface area contributed by atoms with Crippen molar-refractivity contribution in [3.8, 4) is 22.8 Å². The number of phenols is 2. The van der Waals surface area contributed by atoms with Gasteiger partial charge in [-0.2, -0.15) is 0 Å². The SMILES string of the molecule is CCC(=O)c1c(O)cc2oc(-c3ccc(F)cc3)cc(=O)c2c1O. The van der Waals surface area contributed by atoms with Crippen molar-refractivity contribution < 1.29 is 23.8 Å². The Balaban J connectivity index is 2.28. The van der Waals surface area contributed by atoms with Gasteiger partial charge < -0.3 is 14.6 Å². The van der Waals surface area contributed by atoms with Gasteiger partial charge in [-0.15, -0.1) is 0 Å². The second-order valence-electron chi connectivity index (χ2n) is 5.25. The molecule has 0 saturated carbocycles.